The number of primary amides is 1. The van der Waals surface area contributed by atoms with Gasteiger partial charge in [0.15, 0.2) is 9.84 Å². The van der Waals surface area contributed by atoms with Gasteiger partial charge in [0.2, 0.25) is 5.91 Å². The van der Waals surface area contributed by atoms with Crippen LogP contribution in [0.5, 0.6) is 0 Å². The molecule has 0 aromatic rings. The van der Waals surface area contributed by atoms with E-state index >= 15 is 0 Å². The number of nitrogens with two attached hydrogens (primary N) is 1. The Bertz CT molecular complexity index is 339. The Kier molecular flexibility index (Phi) is 3.72. The zero-order chi connectivity index (χ0) is 11.6. The third-order valence-electron chi connectivity index (χ3n) is 2.84. The number of sulfone groups is 1. The molecule has 1 amide bonds. The first-order valence-corrected chi connectivity index (χ1v) is 6.95. The van der Waals surface area contributed by atoms with Gasteiger partial charge < -0.3 is 5.73 Å². The molecule has 1 saturated heterocycles. The molecule has 0 spiro atoms. The molecule has 88 valence electrons. The molecule has 1 aliphatic rings. The van der Waals surface area contributed by atoms with Gasteiger partial charge in [-0.1, -0.05) is 6.92 Å². The Morgan fingerprint density at radius 1 is 1.60 bits per heavy atom. The highest BCUT2D eigenvalue weighted by Gasteiger charge is 2.33. The average molecular weight is 234 g/mol. The number of amides is 1. The van der Waals surface area contributed by atoms with Crippen molar-refractivity contribution in [2.45, 2.75) is 32.4 Å². The molecule has 0 aromatic heterocycles. The lowest BCUT2D eigenvalue weighted by Gasteiger charge is -2.37. The quantitative estimate of drug-likeness (QED) is 0.705. The first-order chi connectivity index (χ1) is 6.87. The summed E-state index contributed by atoms with van der Waals surface area (Å²) in [5.41, 5.74) is 5.28. The molecule has 0 radical (unpaired) electrons. The van der Waals surface area contributed by atoms with Gasteiger partial charge in [-0.15, -0.1) is 0 Å². The van der Waals surface area contributed by atoms with Gasteiger partial charge in [-0.25, -0.2) is 8.42 Å². The third kappa shape index (κ3) is 2.92. The van der Waals surface area contributed by atoms with E-state index in [9.17, 15) is 13.2 Å². The van der Waals surface area contributed by atoms with Crippen molar-refractivity contribution in [3.8, 4) is 0 Å². The van der Waals surface area contributed by atoms with Crippen molar-refractivity contribution in [3.63, 3.8) is 0 Å². The fourth-order valence-electron chi connectivity index (χ4n) is 2.07. The molecule has 2 atom stereocenters. The molecule has 2 N–H and O–H groups in total. The highest BCUT2D eigenvalue weighted by molar-refractivity contribution is 7.91. The molecule has 6 heteroatoms. The fourth-order valence-corrected chi connectivity index (χ4v) is 3.66. The minimum Gasteiger partial charge on any atom is -0.368 e. The van der Waals surface area contributed by atoms with Crippen LogP contribution < -0.4 is 5.73 Å². The molecule has 0 aromatic carbocycles. The monoisotopic (exact) mass is 234 g/mol. The number of nitrogens with zero attached hydrogens (tertiary/aromatic N) is 1. The Morgan fingerprint density at radius 2 is 2.20 bits per heavy atom. The molecule has 15 heavy (non-hydrogen) atoms. The van der Waals surface area contributed by atoms with Crippen LogP contribution in [0.1, 0.15) is 20.3 Å². The van der Waals surface area contributed by atoms with Crippen molar-refractivity contribution in [1.29, 1.82) is 0 Å². The van der Waals surface area contributed by atoms with Crippen LogP contribution in [-0.2, 0) is 14.6 Å². The summed E-state index contributed by atoms with van der Waals surface area (Å²) >= 11 is 0. The van der Waals surface area contributed by atoms with E-state index in [1.54, 1.807) is 0 Å². The average Bonchev–Trinajstić information content (AvgIpc) is 2.08. The van der Waals surface area contributed by atoms with Gasteiger partial charge in [0.25, 0.3) is 0 Å². The van der Waals surface area contributed by atoms with E-state index in [0.29, 0.717) is 13.0 Å². The zero-order valence-electron chi connectivity index (χ0n) is 9.14. The van der Waals surface area contributed by atoms with E-state index in [1.807, 2.05) is 18.7 Å². The van der Waals surface area contributed by atoms with E-state index < -0.39 is 9.84 Å². The summed E-state index contributed by atoms with van der Waals surface area (Å²) in [6.07, 6.45) is 0.625. The molecule has 1 heterocycles. The van der Waals surface area contributed by atoms with E-state index in [-0.39, 0.29) is 29.5 Å². The number of hydrogen-bond acceptors (Lipinski definition) is 4. The smallest absolute Gasteiger partial charge is 0.234 e. The second-order valence-electron chi connectivity index (χ2n) is 4.03. The second kappa shape index (κ2) is 4.49. The maximum atomic E-state index is 11.3. The van der Waals surface area contributed by atoms with Crippen LogP contribution in [-0.4, -0.2) is 49.4 Å². The summed E-state index contributed by atoms with van der Waals surface area (Å²) < 4.78 is 22.7. The summed E-state index contributed by atoms with van der Waals surface area (Å²) in [6, 6.07) is -0.461. The molecule has 2 unspecified atom stereocenters. The van der Waals surface area contributed by atoms with Crippen LogP contribution >= 0.6 is 0 Å². The lowest BCUT2D eigenvalue weighted by Crippen LogP contribution is -2.55. The van der Waals surface area contributed by atoms with Crippen LogP contribution in [0, 0.1) is 0 Å². The van der Waals surface area contributed by atoms with Crippen molar-refractivity contribution in [3.05, 3.63) is 0 Å². The first kappa shape index (κ1) is 12.4. The van der Waals surface area contributed by atoms with Gasteiger partial charge in [-0.05, 0) is 13.3 Å². The molecule has 0 aliphatic carbocycles. The van der Waals surface area contributed by atoms with Gasteiger partial charge in [-0.3, -0.25) is 9.69 Å². The Hall–Kier alpha value is -0.620. The Balaban J connectivity index is 2.77. The van der Waals surface area contributed by atoms with Crippen LogP contribution in [0.25, 0.3) is 0 Å². The molecule has 1 aliphatic heterocycles. The number of hydrogen-bond donors (Lipinski definition) is 1. The van der Waals surface area contributed by atoms with E-state index in [1.165, 1.54) is 0 Å². The Morgan fingerprint density at radius 3 is 2.60 bits per heavy atom. The van der Waals surface area contributed by atoms with E-state index in [0.717, 1.165) is 0 Å². The highest BCUT2D eigenvalue weighted by Crippen LogP contribution is 2.16. The zero-order valence-corrected chi connectivity index (χ0v) is 9.96. The summed E-state index contributed by atoms with van der Waals surface area (Å²) in [7, 11) is -2.93. The van der Waals surface area contributed by atoms with Crippen LogP contribution in [0.4, 0.5) is 0 Å². The van der Waals surface area contributed by atoms with Gasteiger partial charge >= 0.3 is 0 Å². The third-order valence-corrected chi connectivity index (χ3v) is 4.63. The lowest BCUT2D eigenvalue weighted by atomic mass is 10.1. The van der Waals surface area contributed by atoms with Crippen LogP contribution in [0.3, 0.4) is 0 Å². The topological polar surface area (TPSA) is 80.5 Å². The van der Waals surface area contributed by atoms with E-state index in [4.69, 9.17) is 5.73 Å². The second-order valence-corrected chi connectivity index (χ2v) is 6.26. The van der Waals surface area contributed by atoms with Gasteiger partial charge in [-0.2, -0.15) is 0 Å². The number of rotatable bonds is 3. The summed E-state index contributed by atoms with van der Waals surface area (Å²) in [5.74, 6) is -0.124. The van der Waals surface area contributed by atoms with Crippen LogP contribution in [0.2, 0.25) is 0 Å². The summed E-state index contributed by atoms with van der Waals surface area (Å²) in [4.78, 5) is 13.1. The largest absolute Gasteiger partial charge is 0.368 e. The molecule has 1 rings (SSSR count). The minimum absolute atomic E-state index is 0.122. The molecule has 1 fully saturated rings. The summed E-state index contributed by atoms with van der Waals surface area (Å²) in [6.45, 7) is 4.11. The van der Waals surface area contributed by atoms with Crippen molar-refractivity contribution >= 4 is 15.7 Å². The van der Waals surface area contributed by atoms with Gasteiger partial charge in [0.05, 0.1) is 17.5 Å². The molecule has 5 nitrogen and oxygen atoms in total. The number of carbonyl (C=O) groups excluding carboxylic acids is 1. The van der Waals surface area contributed by atoms with Crippen LogP contribution in [0.15, 0.2) is 0 Å². The minimum atomic E-state index is -2.93. The molecular formula is C9H18N2O3S. The maximum absolute atomic E-state index is 11.3. The molecular weight excluding hydrogens is 216 g/mol. The first-order valence-electron chi connectivity index (χ1n) is 5.13. The van der Waals surface area contributed by atoms with Gasteiger partial charge in [0, 0.05) is 12.6 Å². The highest BCUT2D eigenvalue weighted by atomic mass is 32.2. The molecule has 0 saturated carbocycles. The fraction of sp³-hybridized carbons (Fsp3) is 0.889. The van der Waals surface area contributed by atoms with Crippen molar-refractivity contribution in [2.75, 3.05) is 18.1 Å². The predicted molar refractivity (Wildman–Crippen MR) is 58.1 cm³/mol. The normalized spacial score (nSPS) is 28.5. The summed E-state index contributed by atoms with van der Waals surface area (Å²) in [5, 5.41) is 0. The van der Waals surface area contributed by atoms with Crippen molar-refractivity contribution in [2.24, 2.45) is 5.73 Å². The van der Waals surface area contributed by atoms with Gasteiger partial charge in [0.1, 0.15) is 0 Å². The standard InChI is InChI=1S/C9H18N2O3S/c1-3-8(9(10)12)11-4-5-15(13,14)6-7(11)2/h7-8H,3-6H2,1-2H3,(H2,10,12). The number of carbonyl (C=O) groups is 1. The lowest BCUT2D eigenvalue weighted by molar-refractivity contribution is -0.124. The maximum Gasteiger partial charge on any atom is 0.234 e. The molecule has 0 bridgehead atoms. The van der Waals surface area contributed by atoms with E-state index in [2.05, 4.69) is 0 Å². The SMILES string of the molecule is CCC(C(N)=O)N1CCS(=O)(=O)CC1C. The Labute approximate surface area is 90.5 Å². The predicted octanol–water partition coefficient (Wildman–Crippen LogP) is -0.631. The van der Waals surface area contributed by atoms with Crippen molar-refractivity contribution in [1.82, 2.24) is 4.90 Å². The van der Waals surface area contributed by atoms with Crippen molar-refractivity contribution < 1.29 is 13.2 Å².